The van der Waals surface area contributed by atoms with Gasteiger partial charge in [0.15, 0.2) is 0 Å². The molecule has 4 nitrogen and oxygen atoms in total. The van der Waals surface area contributed by atoms with Gasteiger partial charge in [0.05, 0.1) is 18.5 Å². The van der Waals surface area contributed by atoms with Crippen LogP contribution >= 0.6 is 0 Å². The molecule has 96 valence electrons. The monoisotopic (exact) mass is 245 g/mol. The van der Waals surface area contributed by atoms with Gasteiger partial charge in [0, 0.05) is 17.8 Å². The van der Waals surface area contributed by atoms with Crippen molar-refractivity contribution >= 4 is 0 Å². The number of ether oxygens (including phenoxy) is 1. The number of methoxy groups -OCH3 is 1. The van der Waals surface area contributed by atoms with E-state index in [-0.39, 0.29) is 6.04 Å². The van der Waals surface area contributed by atoms with E-state index in [1.165, 1.54) is 0 Å². The normalized spacial score (nSPS) is 12.4. The Morgan fingerprint density at radius 3 is 2.67 bits per heavy atom. The predicted molar refractivity (Wildman–Crippen MR) is 72.3 cm³/mol. The summed E-state index contributed by atoms with van der Waals surface area (Å²) < 4.78 is 7.35. The molecule has 0 bridgehead atoms. The van der Waals surface area contributed by atoms with Gasteiger partial charge >= 0.3 is 0 Å². The lowest BCUT2D eigenvalue weighted by atomic mass is 10.0. The van der Waals surface area contributed by atoms with Crippen LogP contribution in [0.1, 0.15) is 24.2 Å². The van der Waals surface area contributed by atoms with Crippen molar-refractivity contribution in [2.45, 2.75) is 19.9 Å². The van der Waals surface area contributed by atoms with E-state index in [4.69, 9.17) is 4.74 Å². The number of nitrogens with one attached hydrogen (secondary N) is 1. The minimum atomic E-state index is 0.195. The summed E-state index contributed by atoms with van der Waals surface area (Å²) in [5.74, 6) is 0.877. The van der Waals surface area contributed by atoms with Crippen LogP contribution in [0.15, 0.2) is 30.5 Å². The highest BCUT2D eigenvalue weighted by Gasteiger charge is 2.16. The number of aryl methyl sites for hydroxylation is 1. The van der Waals surface area contributed by atoms with Crippen molar-refractivity contribution in [3.05, 3.63) is 41.7 Å². The van der Waals surface area contributed by atoms with Gasteiger partial charge in [0.1, 0.15) is 5.75 Å². The molecular weight excluding hydrogens is 226 g/mol. The van der Waals surface area contributed by atoms with Gasteiger partial charge in [0.2, 0.25) is 0 Å². The van der Waals surface area contributed by atoms with Crippen molar-refractivity contribution in [2.75, 3.05) is 14.2 Å². The third kappa shape index (κ3) is 2.24. The van der Waals surface area contributed by atoms with Crippen LogP contribution in [0.5, 0.6) is 5.75 Å². The van der Waals surface area contributed by atoms with Gasteiger partial charge in [-0.1, -0.05) is 6.07 Å². The molecule has 2 rings (SSSR count). The van der Waals surface area contributed by atoms with Crippen LogP contribution in [-0.2, 0) is 0 Å². The molecule has 1 unspecified atom stereocenters. The molecule has 0 saturated heterocycles. The number of rotatable bonds is 4. The summed E-state index contributed by atoms with van der Waals surface area (Å²) in [5, 5.41) is 7.72. The van der Waals surface area contributed by atoms with Gasteiger partial charge in [-0.2, -0.15) is 5.10 Å². The van der Waals surface area contributed by atoms with Crippen molar-refractivity contribution in [1.82, 2.24) is 15.1 Å². The van der Waals surface area contributed by atoms with Gasteiger partial charge in [-0.05, 0) is 39.1 Å². The van der Waals surface area contributed by atoms with Crippen LogP contribution in [0, 0.1) is 6.92 Å². The van der Waals surface area contributed by atoms with Crippen molar-refractivity contribution in [3.8, 4) is 11.4 Å². The van der Waals surface area contributed by atoms with E-state index in [1.54, 1.807) is 7.11 Å². The van der Waals surface area contributed by atoms with Gasteiger partial charge in [0.25, 0.3) is 0 Å². The molecule has 1 aromatic carbocycles. The third-order valence-corrected chi connectivity index (χ3v) is 3.10. The highest BCUT2D eigenvalue weighted by atomic mass is 16.5. The third-order valence-electron chi connectivity index (χ3n) is 3.10. The Morgan fingerprint density at radius 1 is 1.33 bits per heavy atom. The zero-order chi connectivity index (χ0) is 13.1. The standard InChI is InChI=1S/C14H19N3O/c1-10-8-9-17(16-10)12-6-5-7-13(18-4)14(12)11(2)15-3/h5-9,11,15H,1-4H3. The maximum absolute atomic E-state index is 5.46. The predicted octanol–water partition coefficient (Wildman–Crippen LogP) is 2.47. The first-order valence-electron chi connectivity index (χ1n) is 6.04. The molecule has 2 aromatic rings. The first-order chi connectivity index (χ1) is 8.67. The van der Waals surface area contributed by atoms with Gasteiger partial charge in [-0.25, -0.2) is 4.68 Å². The number of aromatic nitrogens is 2. The Hall–Kier alpha value is -1.81. The van der Waals surface area contributed by atoms with Gasteiger partial charge in [-0.15, -0.1) is 0 Å². The minimum absolute atomic E-state index is 0.195. The second-order valence-corrected chi connectivity index (χ2v) is 4.31. The van der Waals surface area contributed by atoms with Crippen molar-refractivity contribution in [2.24, 2.45) is 0 Å². The van der Waals surface area contributed by atoms with Crippen LogP contribution in [0.25, 0.3) is 5.69 Å². The first-order valence-corrected chi connectivity index (χ1v) is 6.04. The molecule has 1 N–H and O–H groups in total. The van der Waals surface area contributed by atoms with Crippen molar-refractivity contribution in [3.63, 3.8) is 0 Å². The molecule has 0 saturated carbocycles. The SMILES string of the molecule is CNC(C)c1c(OC)cccc1-n1ccc(C)n1. The molecule has 0 fully saturated rings. The molecule has 0 amide bonds. The largest absolute Gasteiger partial charge is 0.496 e. The fourth-order valence-electron chi connectivity index (χ4n) is 2.04. The molecule has 0 radical (unpaired) electrons. The van der Waals surface area contributed by atoms with E-state index in [9.17, 15) is 0 Å². The Morgan fingerprint density at radius 2 is 2.11 bits per heavy atom. The van der Waals surface area contributed by atoms with Crippen molar-refractivity contribution in [1.29, 1.82) is 0 Å². The molecule has 0 aliphatic rings. The fraction of sp³-hybridized carbons (Fsp3) is 0.357. The maximum atomic E-state index is 5.46. The zero-order valence-corrected chi connectivity index (χ0v) is 11.3. The Labute approximate surface area is 108 Å². The molecule has 0 spiro atoms. The molecule has 4 heteroatoms. The highest BCUT2D eigenvalue weighted by molar-refractivity contribution is 5.51. The number of hydrogen-bond donors (Lipinski definition) is 1. The van der Waals surface area contributed by atoms with Gasteiger partial charge < -0.3 is 10.1 Å². The first kappa shape index (κ1) is 12.6. The minimum Gasteiger partial charge on any atom is -0.496 e. The van der Waals surface area contributed by atoms with E-state index >= 15 is 0 Å². The fourth-order valence-corrected chi connectivity index (χ4v) is 2.04. The van der Waals surface area contributed by atoms with E-state index < -0.39 is 0 Å². The summed E-state index contributed by atoms with van der Waals surface area (Å²) in [4.78, 5) is 0. The number of hydrogen-bond acceptors (Lipinski definition) is 3. The van der Waals surface area contributed by atoms with Crippen LogP contribution < -0.4 is 10.1 Å². The molecule has 1 aromatic heterocycles. The maximum Gasteiger partial charge on any atom is 0.125 e. The summed E-state index contributed by atoms with van der Waals surface area (Å²) in [6.45, 7) is 4.09. The average Bonchev–Trinajstić information content (AvgIpc) is 2.83. The van der Waals surface area contributed by atoms with Gasteiger partial charge in [-0.3, -0.25) is 0 Å². The summed E-state index contributed by atoms with van der Waals surface area (Å²) in [6, 6.07) is 8.20. The molecule has 0 aliphatic carbocycles. The van der Waals surface area contributed by atoms with E-state index in [0.29, 0.717) is 0 Å². The molecule has 0 aliphatic heterocycles. The van der Waals surface area contributed by atoms with E-state index in [2.05, 4.69) is 23.4 Å². The molecule has 18 heavy (non-hydrogen) atoms. The lowest BCUT2D eigenvalue weighted by molar-refractivity contribution is 0.403. The molecule has 1 heterocycles. The number of nitrogens with zero attached hydrogens (tertiary/aromatic N) is 2. The highest BCUT2D eigenvalue weighted by Crippen LogP contribution is 2.30. The quantitative estimate of drug-likeness (QED) is 0.899. The summed E-state index contributed by atoms with van der Waals surface area (Å²) >= 11 is 0. The lowest BCUT2D eigenvalue weighted by Crippen LogP contribution is -2.16. The lowest BCUT2D eigenvalue weighted by Gasteiger charge is -2.19. The summed E-state index contributed by atoms with van der Waals surface area (Å²) in [5.41, 5.74) is 3.16. The zero-order valence-electron chi connectivity index (χ0n) is 11.3. The smallest absolute Gasteiger partial charge is 0.125 e. The Kier molecular flexibility index (Phi) is 3.67. The second kappa shape index (κ2) is 5.23. The van der Waals surface area contributed by atoms with Crippen LogP contribution in [0.2, 0.25) is 0 Å². The second-order valence-electron chi connectivity index (χ2n) is 4.31. The average molecular weight is 245 g/mol. The molecular formula is C14H19N3O. The number of benzene rings is 1. The van der Waals surface area contributed by atoms with Crippen LogP contribution in [0.3, 0.4) is 0 Å². The Balaban J connectivity index is 2.59. The van der Waals surface area contributed by atoms with E-state index in [0.717, 1.165) is 22.7 Å². The van der Waals surface area contributed by atoms with Crippen LogP contribution in [-0.4, -0.2) is 23.9 Å². The van der Waals surface area contributed by atoms with Crippen LogP contribution in [0.4, 0.5) is 0 Å². The summed E-state index contributed by atoms with van der Waals surface area (Å²) in [7, 11) is 3.63. The molecule has 1 atom stereocenters. The topological polar surface area (TPSA) is 39.1 Å². The summed E-state index contributed by atoms with van der Waals surface area (Å²) in [6.07, 6.45) is 1.97. The Bertz CT molecular complexity index is 534. The van der Waals surface area contributed by atoms with Crippen molar-refractivity contribution < 1.29 is 4.74 Å². The van der Waals surface area contributed by atoms with E-state index in [1.807, 2.05) is 43.0 Å².